The number of aromatic nitrogens is 1. The summed E-state index contributed by atoms with van der Waals surface area (Å²) in [6.07, 6.45) is 0.802. The Morgan fingerprint density at radius 1 is 1.03 bits per heavy atom. The van der Waals surface area contributed by atoms with E-state index in [4.69, 9.17) is 19.2 Å². The molecule has 0 aliphatic heterocycles. The Bertz CT molecular complexity index is 1140. The van der Waals surface area contributed by atoms with E-state index in [2.05, 4.69) is 17.4 Å². The zero-order chi connectivity index (χ0) is 22.3. The van der Waals surface area contributed by atoms with Crippen LogP contribution in [0.25, 0.3) is 11.1 Å². The number of para-hydroxylation sites is 2. The number of fused-ring (bicyclic) bond motifs is 1. The van der Waals surface area contributed by atoms with Gasteiger partial charge in [-0.05, 0) is 55.2 Å². The summed E-state index contributed by atoms with van der Waals surface area (Å²) in [6, 6.07) is 25.5. The lowest BCUT2D eigenvalue weighted by Crippen LogP contribution is -2.23. The van der Waals surface area contributed by atoms with Gasteiger partial charge in [-0.2, -0.15) is 0 Å². The predicted octanol–water partition coefficient (Wildman–Crippen LogP) is 5.14. The van der Waals surface area contributed by atoms with Crippen LogP contribution in [0.3, 0.4) is 0 Å². The zero-order valence-electron chi connectivity index (χ0n) is 17.9. The van der Waals surface area contributed by atoms with E-state index in [0.29, 0.717) is 18.2 Å². The predicted molar refractivity (Wildman–Crippen MR) is 123 cm³/mol. The molecule has 0 aliphatic carbocycles. The van der Waals surface area contributed by atoms with E-state index < -0.39 is 12.1 Å². The van der Waals surface area contributed by atoms with E-state index in [1.807, 2.05) is 60.7 Å². The number of benzene rings is 3. The van der Waals surface area contributed by atoms with Crippen LogP contribution in [-0.4, -0.2) is 22.2 Å². The van der Waals surface area contributed by atoms with Crippen LogP contribution in [0, 0.1) is 0 Å². The molecular formula is C26H26N2O4. The molecule has 0 saturated heterocycles. The third kappa shape index (κ3) is 5.53. The summed E-state index contributed by atoms with van der Waals surface area (Å²) in [5, 5.41) is 12.6. The Morgan fingerprint density at radius 2 is 1.78 bits per heavy atom. The van der Waals surface area contributed by atoms with Crippen LogP contribution in [0.15, 0.2) is 83.3 Å². The summed E-state index contributed by atoms with van der Waals surface area (Å²) in [7, 11) is 0. The van der Waals surface area contributed by atoms with E-state index in [1.54, 1.807) is 6.07 Å². The number of carbonyl (C=O) groups is 1. The van der Waals surface area contributed by atoms with Crippen molar-refractivity contribution in [3.63, 3.8) is 0 Å². The number of nitrogens with one attached hydrogen (secondary N) is 1. The largest absolute Gasteiger partial charge is 0.479 e. The molecule has 0 spiro atoms. The standard InChI is InChI=1S/C26H26N2O4/c1-18(26(29)30)31-21-11-7-10-20(16-21)17-27-23(15-14-19-8-3-2-4-9-19)25-28-22-12-5-6-13-24(22)32-25/h2-13,16,18,23,27H,14-15,17H2,1H3,(H,29,30). The lowest BCUT2D eigenvalue weighted by molar-refractivity contribution is -0.144. The molecule has 0 aliphatic rings. The SMILES string of the molecule is CC(Oc1cccc(CNC(CCc2ccccc2)c2nc3ccccc3o2)c1)C(=O)O. The fraction of sp³-hybridized carbons (Fsp3) is 0.231. The third-order valence-corrected chi connectivity index (χ3v) is 5.28. The maximum atomic E-state index is 11.1. The number of rotatable bonds is 10. The summed E-state index contributed by atoms with van der Waals surface area (Å²) in [5.74, 6) is 0.196. The maximum Gasteiger partial charge on any atom is 0.344 e. The van der Waals surface area contributed by atoms with Crippen molar-refractivity contribution < 1.29 is 19.1 Å². The van der Waals surface area contributed by atoms with Crippen LogP contribution in [0.1, 0.15) is 36.4 Å². The Morgan fingerprint density at radius 3 is 2.56 bits per heavy atom. The topological polar surface area (TPSA) is 84.6 Å². The molecule has 2 atom stereocenters. The van der Waals surface area contributed by atoms with Crippen LogP contribution in [0.4, 0.5) is 0 Å². The van der Waals surface area contributed by atoms with E-state index >= 15 is 0 Å². The van der Waals surface area contributed by atoms with Crippen LogP contribution >= 0.6 is 0 Å². The highest BCUT2D eigenvalue weighted by molar-refractivity contribution is 5.72. The second kappa shape index (κ2) is 10.1. The number of oxazole rings is 1. The van der Waals surface area contributed by atoms with Gasteiger partial charge in [0.25, 0.3) is 0 Å². The second-order valence-corrected chi connectivity index (χ2v) is 7.72. The van der Waals surface area contributed by atoms with Gasteiger partial charge >= 0.3 is 5.97 Å². The number of carboxylic acid groups (broad SMARTS) is 1. The van der Waals surface area contributed by atoms with Gasteiger partial charge in [-0.3, -0.25) is 0 Å². The average molecular weight is 431 g/mol. The third-order valence-electron chi connectivity index (χ3n) is 5.28. The van der Waals surface area contributed by atoms with Gasteiger partial charge in [-0.15, -0.1) is 0 Å². The molecule has 1 heterocycles. The van der Waals surface area contributed by atoms with E-state index in [9.17, 15) is 4.79 Å². The van der Waals surface area contributed by atoms with Crippen molar-refractivity contribution in [1.29, 1.82) is 0 Å². The molecule has 0 amide bonds. The van der Waals surface area contributed by atoms with E-state index in [0.717, 1.165) is 29.5 Å². The van der Waals surface area contributed by atoms with Gasteiger partial charge in [-0.1, -0.05) is 54.6 Å². The first-order chi connectivity index (χ1) is 15.6. The minimum atomic E-state index is -0.995. The molecule has 4 rings (SSSR count). The Hall–Kier alpha value is -3.64. The fourth-order valence-electron chi connectivity index (χ4n) is 3.53. The van der Waals surface area contributed by atoms with Gasteiger partial charge in [0.1, 0.15) is 11.3 Å². The van der Waals surface area contributed by atoms with Crippen LogP contribution < -0.4 is 10.1 Å². The molecule has 3 aromatic carbocycles. The lowest BCUT2D eigenvalue weighted by Gasteiger charge is -2.17. The van der Waals surface area contributed by atoms with Gasteiger partial charge < -0.3 is 19.6 Å². The molecule has 0 fully saturated rings. The van der Waals surface area contributed by atoms with Crippen molar-refractivity contribution >= 4 is 17.1 Å². The fourth-order valence-corrected chi connectivity index (χ4v) is 3.53. The minimum Gasteiger partial charge on any atom is -0.479 e. The van der Waals surface area contributed by atoms with Gasteiger partial charge in [-0.25, -0.2) is 9.78 Å². The average Bonchev–Trinajstić information content (AvgIpc) is 3.24. The Labute approximate surface area is 186 Å². The zero-order valence-corrected chi connectivity index (χ0v) is 17.9. The number of aryl methyl sites for hydroxylation is 1. The first-order valence-corrected chi connectivity index (χ1v) is 10.7. The van der Waals surface area contributed by atoms with Crippen LogP contribution in [0.5, 0.6) is 5.75 Å². The van der Waals surface area contributed by atoms with E-state index in [1.165, 1.54) is 12.5 Å². The van der Waals surface area contributed by atoms with Gasteiger partial charge in [0.2, 0.25) is 5.89 Å². The number of ether oxygens (including phenoxy) is 1. The normalized spacial score (nSPS) is 13.0. The quantitative estimate of drug-likeness (QED) is 0.362. The number of hydrogen-bond donors (Lipinski definition) is 2. The van der Waals surface area contributed by atoms with Crippen molar-refractivity contribution in [2.75, 3.05) is 0 Å². The molecule has 164 valence electrons. The molecule has 4 aromatic rings. The molecule has 0 bridgehead atoms. The Kier molecular flexibility index (Phi) is 6.82. The van der Waals surface area contributed by atoms with Gasteiger partial charge in [0.15, 0.2) is 11.7 Å². The highest BCUT2D eigenvalue weighted by Gasteiger charge is 2.18. The Balaban J connectivity index is 1.49. The number of nitrogens with zero attached hydrogens (tertiary/aromatic N) is 1. The van der Waals surface area contributed by atoms with Crippen molar-refractivity contribution in [1.82, 2.24) is 10.3 Å². The second-order valence-electron chi connectivity index (χ2n) is 7.72. The summed E-state index contributed by atoms with van der Waals surface area (Å²) >= 11 is 0. The summed E-state index contributed by atoms with van der Waals surface area (Å²) < 4.78 is 11.5. The first kappa shape index (κ1) is 21.6. The molecule has 2 N–H and O–H groups in total. The molecule has 2 unspecified atom stereocenters. The molecule has 1 aromatic heterocycles. The van der Waals surface area contributed by atoms with Gasteiger partial charge in [0, 0.05) is 6.54 Å². The molecule has 6 nitrogen and oxygen atoms in total. The van der Waals surface area contributed by atoms with Crippen molar-refractivity contribution in [3.8, 4) is 5.75 Å². The number of aliphatic carboxylic acids is 1. The minimum absolute atomic E-state index is 0.0786. The van der Waals surface area contributed by atoms with E-state index in [-0.39, 0.29) is 6.04 Å². The molecule has 32 heavy (non-hydrogen) atoms. The van der Waals surface area contributed by atoms with Crippen molar-refractivity contribution in [3.05, 3.63) is 95.9 Å². The molecule has 0 saturated carbocycles. The number of carboxylic acids is 1. The molecule has 6 heteroatoms. The van der Waals surface area contributed by atoms with Crippen LogP contribution in [0.2, 0.25) is 0 Å². The summed E-state index contributed by atoms with van der Waals surface area (Å²) in [6.45, 7) is 2.08. The first-order valence-electron chi connectivity index (χ1n) is 10.7. The molecule has 0 radical (unpaired) electrons. The van der Waals surface area contributed by atoms with Crippen LogP contribution in [-0.2, 0) is 17.8 Å². The number of hydrogen-bond acceptors (Lipinski definition) is 5. The summed E-state index contributed by atoms with van der Waals surface area (Å²) in [4.78, 5) is 15.8. The monoisotopic (exact) mass is 430 g/mol. The molecular weight excluding hydrogens is 404 g/mol. The van der Waals surface area contributed by atoms with Crippen molar-refractivity contribution in [2.24, 2.45) is 0 Å². The summed E-state index contributed by atoms with van der Waals surface area (Å²) in [5.41, 5.74) is 3.86. The smallest absolute Gasteiger partial charge is 0.344 e. The van der Waals surface area contributed by atoms with Crippen molar-refractivity contribution in [2.45, 2.75) is 38.5 Å². The highest BCUT2D eigenvalue weighted by atomic mass is 16.5. The maximum absolute atomic E-state index is 11.1. The lowest BCUT2D eigenvalue weighted by atomic mass is 10.0. The van der Waals surface area contributed by atoms with Gasteiger partial charge in [0.05, 0.1) is 6.04 Å². The highest BCUT2D eigenvalue weighted by Crippen LogP contribution is 2.24.